The van der Waals surface area contributed by atoms with E-state index in [1.54, 1.807) is 20.0 Å². The molecule has 7 N–H and O–H groups in total. The maximum Gasteiger partial charge on any atom is 0.332 e. The van der Waals surface area contributed by atoms with Gasteiger partial charge in [0.25, 0.3) is 0 Å². The molecule has 1 aromatic rings. The van der Waals surface area contributed by atoms with Crippen molar-refractivity contribution in [1.29, 1.82) is 0 Å². The van der Waals surface area contributed by atoms with Crippen LogP contribution >= 0.6 is 0 Å². The Morgan fingerprint density at radius 1 is 0.966 bits per heavy atom. The number of rotatable bonds is 19. The molecule has 3 heterocycles. The maximum absolute atomic E-state index is 15.0. The fourth-order valence-corrected chi connectivity index (χ4v) is 11.7. The third-order valence-electron chi connectivity index (χ3n) is 15.1. The standard InChI is InChI=1S/C46H73N3O10/c1-30(51)9-10-32(11-14-36(53)27-47-3)39(58-31(2)52)25-40(59-43(56)46-19-5-4-8-34(46)13-16-41(55)49-46)44(20-22-48-23-21-44)26-33-12-15-38(54)42-37(33)24-35(28-57-42)45(29-50)17-6-7-18-45/h12,15,30,32,34-36,39-40,47-48,50-51,53-54H,4-11,13-14,16-29H2,1-3H3,(H,49,55). The summed E-state index contributed by atoms with van der Waals surface area (Å²) in [5, 5.41) is 52.7. The number of aliphatic hydroxyl groups is 3. The lowest BCUT2D eigenvalue weighted by molar-refractivity contribution is -0.179. The van der Waals surface area contributed by atoms with Gasteiger partial charge in [-0.3, -0.25) is 9.59 Å². The van der Waals surface area contributed by atoms with Gasteiger partial charge in [-0.15, -0.1) is 0 Å². The van der Waals surface area contributed by atoms with Crippen LogP contribution in [0.4, 0.5) is 0 Å². The summed E-state index contributed by atoms with van der Waals surface area (Å²) in [7, 11) is 1.79. The zero-order chi connectivity index (χ0) is 42.2. The van der Waals surface area contributed by atoms with Crippen molar-refractivity contribution in [3.8, 4) is 11.5 Å². The Bertz CT molecular complexity index is 1580. The zero-order valence-corrected chi connectivity index (χ0v) is 35.9. The molecule has 8 unspecified atom stereocenters. The number of fused-ring (bicyclic) bond motifs is 2. The molecule has 13 nitrogen and oxygen atoms in total. The molecule has 59 heavy (non-hydrogen) atoms. The molecule has 0 radical (unpaired) electrons. The van der Waals surface area contributed by atoms with E-state index >= 15 is 4.79 Å². The smallest absolute Gasteiger partial charge is 0.332 e. The number of piperidine rings is 2. The number of hydrogen-bond donors (Lipinski definition) is 7. The van der Waals surface area contributed by atoms with E-state index in [9.17, 15) is 30.0 Å². The number of hydrogen-bond acceptors (Lipinski definition) is 12. The molecule has 3 aliphatic heterocycles. The molecule has 13 heteroatoms. The molecule has 2 saturated heterocycles. The van der Waals surface area contributed by atoms with Crippen LogP contribution in [0.15, 0.2) is 12.1 Å². The van der Waals surface area contributed by atoms with Gasteiger partial charge in [0.05, 0.1) is 18.8 Å². The van der Waals surface area contributed by atoms with Crippen LogP contribution in [0.3, 0.4) is 0 Å². The minimum atomic E-state index is -1.13. The first kappa shape index (κ1) is 45.6. The molecule has 5 aliphatic rings. The van der Waals surface area contributed by atoms with Gasteiger partial charge in [-0.25, -0.2) is 4.79 Å². The predicted octanol–water partition coefficient (Wildman–Crippen LogP) is 4.62. The first-order valence-electron chi connectivity index (χ1n) is 22.8. The molecular formula is C46H73N3O10. The molecule has 4 fully saturated rings. The Hall–Kier alpha value is -2.97. The number of phenols is 1. The number of aliphatic hydroxyl groups excluding tert-OH is 3. The van der Waals surface area contributed by atoms with E-state index in [1.807, 2.05) is 6.07 Å². The number of nitrogens with one attached hydrogen (secondary N) is 3. The number of amides is 1. The van der Waals surface area contributed by atoms with E-state index in [2.05, 4.69) is 16.0 Å². The highest BCUT2D eigenvalue weighted by atomic mass is 16.6. The normalized spacial score (nSPS) is 27.5. The van der Waals surface area contributed by atoms with Crippen LogP contribution in [-0.2, 0) is 36.7 Å². The van der Waals surface area contributed by atoms with Gasteiger partial charge in [0.1, 0.15) is 17.7 Å². The third-order valence-corrected chi connectivity index (χ3v) is 15.1. The number of ether oxygens (including phenoxy) is 3. The minimum Gasteiger partial charge on any atom is -0.504 e. The van der Waals surface area contributed by atoms with Crippen molar-refractivity contribution in [2.45, 2.75) is 166 Å². The van der Waals surface area contributed by atoms with Gasteiger partial charge in [0.2, 0.25) is 5.91 Å². The number of carbonyl (C=O) groups is 3. The summed E-state index contributed by atoms with van der Waals surface area (Å²) < 4.78 is 19.6. The lowest BCUT2D eigenvalue weighted by Gasteiger charge is -2.49. The SMILES string of the molecule is CNCC(O)CCC(CCC(C)O)C(CC(OC(=O)C12CCCCC1CCC(=O)N2)C1(Cc2ccc(O)c3c2CC(C2(CO)CCCC2)CO3)CCNCC1)OC(C)=O. The van der Waals surface area contributed by atoms with E-state index in [0.29, 0.717) is 103 Å². The van der Waals surface area contributed by atoms with Gasteiger partial charge in [-0.05, 0) is 139 Å². The van der Waals surface area contributed by atoms with Crippen LogP contribution in [0.25, 0.3) is 0 Å². The first-order chi connectivity index (χ1) is 28.3. The lowest BCUT2D eigenvalue weighted by atomic mass is 9.65. The van der Waals surface area contributed by atoms with E-state index in [0.717, 1.165) is 56.1 Å². The predicted molar refractivity (Wildman–Crippen MR) is 223 cm³/mol. The Morgan fingerprint density at radius 2 is 1.69 bits per heavy atom. The Kier molecular flexibility index (Phi) is 15.6. The number of likely N-dealkylation sites (N-methyl/N-ethyl adjacent to an activating group) is 1. The monoisotopic (exact) mass is 828 g/mol. The first-order valence-corrected chi connectivity index (χ1v) is 22.8. The van der Waals surface area contributed by atoms with Crippen LogP contribution in [0.1, 0.15) is 134 Å². The molecule has 1 aromatic carbocycles. The average molecular weight is 828 g/mol. The minimum absolute atomic E-state index is 0.0320. The molecule has 0 aromatic heterocycles. The van der Waals surface area contributed by atoms with Gasteiger partial charge in [-0.2, -0.15) is 0 Å². The van der Waals surface area contributed by atoms with Crippen molar-refractivity contribution in [2.75, 3.05) is 39.9 Å². The molecule has 1 amide bonds. The van der Waals surface area contributed by atoms with E-state index in [4.69, 9.17) is 14.2 Å². The molecular weight excluding hydrogens is 755 g/mol. The van der Waals surface area contributed by atoms with E-state index in [1.165, 1.54) is 6.92 Å². The highest BCUT2D eigenvalue weighted by Crippen LogP contribution is 2.52. The van der Waals surface area contributed by atoms with Crippen LogP contribution in [-0.4, -0.2) is 108 Å². The Labute approximate surface area is 351 Å². The van der Waals surface area contributed by atoms with Gasteiger partial charge >= 0.3 is 11.9 Å². The van der Waals surface area contributed by atoms with E-state index < -0.39 is 47.3 Å². The summed E-state index contributed by atoms with van der Waals surface area (Å²) in [4.78, 5) is 41.1. The van der Waals surface area contributed by atoms with Crippen molar-refractivity contribution < 1.29 is 49.0 Å². The van der Waals surface area contributed by atoms with Crippen LogP contribution in [0.5, 0.6) is 11.5 Å². The summed E-state index contributed by atoms with van der Waals surface area (Å²) in [6.07, 6.45) is 10.2. The van der Waals surface area contributed by atoms with Gasteiger partial charge in [-0.1, -0.05) is 31.7 Å². The largest absolute Gasteiger partial charge is 0.504 e. The maximum atomic E-state index is 15.0. The molecule has 8 atom stereocenters. The van der Waals surface area contributed by atoms with Gasteiger partial charge in [0, 0.05) is 49.8 Å². The number of phenolic OH excluding ortho intramolecular Hbond substituents is 1. The quantitative estimate of drug-likeness (QED) is 0.0959. The van der Waals surface area contributed by atoms with Gasteiger partial charge < -0.3 is 50.6 Å². The Balaban J connectivity index is 1.41. The summed E-state index contributed by atoms with van der Waals surface area (Å²) in [6.45, 7) is 5.40. The van der Waals surface area contributed by atoms with E-state index in [-0.39, 0.29) is 47.9 Å². The second kappa shape index (κ2) is 20.3. The molecule has 332 valence electrons. The summed E-state index contributed by atoms with van der Waals surface area (Å²) in [6, 6.07) is 3.66. The number of aromatic hydroxyl groups is 1. The number of carbonyl (C=O) groups excluding carboxylic acids is 3. The van der Waals surface area contributed by atoms with Crippen molar-refractivity contribution >= 4 is 17.8 Å². The summed E-state index contributed by atoms with van der Waals surface area (Å²) in [5.74, 6) is -0.651. The highest BCUT2D eigenvalue weighted by molar-refractivity contribution is 5.90. The molecule has 0 spiro atoms. The highest BCUT2D eigenvalue weighted by Gasteiger charge is 2.54. The lowest BCUT2D eigenvalue weighted by Crippen LogP contribution is -2.65. The second-order valence-corrected chi connectivity index (χ2v) is 19.0. The zero-order valence-electron chi connectivity index (χ0n) is 35.9. The number of esters is 2. The third kappa shape index (κ3) is 10.6. The summed E-state index contributed by atoms with van der Waals surface area (Å²) >= 11 is 0. The fourth-order valence-electron chi connectivity index (χ4n) is 11.7. The molecule has 6 rings (SSSR count). The van der Waals surface area contributed by atoms with Crippen molar-refractivity contribution in [3.63, 3.8) is 0 Å². The molecule has 2 saturated carbocycles. The van der Waals surface area contributed by atoms with Gasteiger partial charge in [0.15, 0.2) is 11.5 Å². The second-order valence-electron chi connectivity index (χ2n) is 19.0. The topological polar surface area (TPSA) is 196 Å². The Morgan fingerprint density at radius 3 is 2.39 bits per heavy atom. The van der Waals surface area contributed by atoms with Crippen molar-refractivity contribution in [3.05, 3.63) is 23.3 Å². The van der Waals surface area contributed by atoms with Crippen molar-refractivity contribution in [1.82, 2.24) is 16.0 Å². The van der Waals surface area contributed by atoms with Crippen LogP contribution in [0, 0.1) is 28.6 Å². The summed E-state index contributed by atoms with van der Waals surface area (Å²) in [5.41, 5.74) is -0.0673. The van der Waals surface area contributed by atoms with Crippen molar-refractivity contribution in [2.24, 2.45) is 28.6 Å². The molecule has 2 aliphatic carbocycles. The number of benzene rings is 1. The van der Waals surface area contributed by atoms with Crippen LogP contribution < -0.4 is 20.7 Å². The fraction of sp³-hybridized carbons (Fsp3) is 0.804. The van der Waals surface area contributed by atoms with Crippen LogP contribution in [0.2, 0.25) is 0 Å². The molecule has 0 bridgehead atoms. The average Bonchev–Trinajstić information content (AvgIpc) is 3.72.